The summed E-state index contributed by atoms with van der Waals surface area (Å²) in [5, 5.41) is 7.29. The van der Waals surface area contributed by atoms with Gasteiger partial charge in [0.25, 0.3) is 11.8 Å². The van der Waals surface area contributed by atoms with Gasteiger partial charge in [0.05, 0.1) is 7.05 Å². The minimum atomic E-state index is -0.558. The third-order valence-electron chi connectivity index (χ3n) is 3.28. The number of rotatable bonds is 5. The number of amides is 4. The second-order valence-electron chi connectivity index (χ2n) is 5.23. The van der Waals surface area contributed by atoms with Crippen LogP contribution in [-0.4, -0.2) is 45.0 Å². The molecule has 0 saturated carbocycles. The second-order valence-corrected chi connectivity index (χ2v) is 5.23. The number of benzene rings is 1. The third-order valence-corrected chi connectivity index (χ3v) is 3.28. The summed E-state index contributed by atoms with van der Waals surface area (Å²) in [4.78, 5) is 35.2. The minimum Gasteiger partial charge on any atom is -0.341 e. The van der Waals surface area contributed by atoms with E-state index in [0.29, 0.717) is 4.90 Å². The van der Waals surface area contributed by atoms with Gasteiger partial charge in [-0.2, -0.15) is 0 Å². The molecular formula is C15H23N4O3+. The van der Waals surface area contributed by atoms with E-state index < -0.39 is 11.9 Å². The van der Waals surface area contributed by atoms with Gasteiger partial charge in [-0.1, -0.05) is 12.1 Å². The number of quaternary nitrogens is 1. The van der Waals surface area contributed by atoms with Crippen LogP contribution in [0.2, 0.25) is 0 Å². The minimum absolute atomic E-state index is 0.0354. The molecule has 7 nitrogen and oxygen atoms in total. The number of likely N-dealkylation sites (N-methyl/N-ethyl adjacent to an activating group) is 1. The first-order valence-electron chi connectivity index (χ1n) is 7.02. The molecular weight excluding hydrogens is 284 g/mol. The highest BCUT2D eigenvalue weighted by atomic mass is 16.2. The summed E-state index contributed by atoms with van der Waals surface area (Å²) in [6.45, 7) is 4.09. The van der Waals surface area contributed by atoms with Crippen molar-refractivity contribution in [3.05, 3.63) is 29.3 Å². The van der Waals surface area contributed by atoms with Crippen molar-refractivity contribution in [1.29, 1.82) is 0 Å². The van der Waals surface area contributed by atoms with Gasteiger partial charge in [0.15, 0.2) is 13.1 Å². The predicted octanol–water partition coefficient (Wildman–Crippen LogP) is -0.788. The summed E-state index contributed by atoms with van der Waals surface area (Å²) in [6.07, 6.45) is 0. The van der Waals surface area contributed by atoms with Crippen LogP contribution in [0.1, 0.15) is 11.1 Å². The van der Waals surface area contributed by atoms with E-state index in [0.717, 1.165) is 16.8 Å². The van der Waals surface area contributed by atoms with Crippen LogP contribution in [0.25, 0.3) is 0 Å². The lowest BCUT2D eigenvalue weighted by Gasteiger charge is -2.14. The zero-order valence-corrected chi connectivity index (χ0v) is 13.4. The number of imide groups is 1. The Balaban J connectivity index is 2.49. The molecule has 0 heterocycles. The molecule has 0 aliphatic carbocycles. The van der Waals surface area contributed by atoms with Gasteiger partial charge in [-0.3, -0.25) is 14.9 Å². The van der Waals surface area contributed by atoms with Gasteiger partial charge in [0.1, 0.15) is 0 Å². The van der Waals surface area contributed by atoms with E-state index in [4.69, 9.17) is 0 Å². The molecule has 0 saturated heterocycles. The average Bonchev–Trinajstić information content (AvgIpc) is 2.43. The van der Waals surface area contributed by atoms with Crippen LogP contribution in [-0.2, 0) is 9.59 Å². The van der Waals surface area contributed by atoms with Crippen molar-refractivity contribution in [3.8, 4) is 0 Å². The van der Waals surface area contributed by atoms with Gasteiger partial charge in [0, 0.05) is 12.7 Å². The Morgan fingerprint density at radius 2 is 1.73 bits per heavy atom. The monoisotopic (exact) mass is 307 g/mol. The molecule has 120 valence electrons. The van der Waals surface area contributed by atoms with Crippen molar-refractivity contribution in [3.63, 3.8) is 0 Å². The third kappa shape index (κ3) is 5.53. The largest absolute Gasteiger partial charge is 0.341 e. The van der Waals surface area contributed by atoms with Crippen LogP contribution in [0.5, 0.6) is 0 Å². The van der Waals surface area contributed by atoms with Crippen LogP contribution in [0.4, 0.5) is 10.5 Å². The van der Waals surface area contributed by atoms with E-state index >= 15 is 0 Å². The zero-order chi connectivity index (χ0) is 16.7. The summed E-state index contributed by atoms with van der Waals surface area (Å²) >= 11 is 0. The number of carbonyl (C=O) groups excluding carboxylic acids is 3. The molecule has 1 aromatic rings. The number of nitrogens with one attached hydrogen (secondary N) is 4. The second kappa shape index (κ2) is 8.14. The van der Waals surface area contributed by atoms with Crippen LogP contribution in [0.15, 0.2) is 18.2 Å². The van der Waals surface area contributed by atoms with Crippen LogP contribution < -0.4 is 20.9 Å². The van der Waals surface area contributed by atoms with Gasteiger partial charge in [-0.05, 0) is 31.0 Å². The molecule has 0 fully saturated rings. The maximum atomic E-state index is 12.0. The normalized spacial score (nSPS) is 11.5. The van der Waals surface area contributed by atoms with Crippen LogP contribution >= 0.6 is 0 Å². The highest BCUT2D eigenvalue weighted by Crippen LogP contribution is 2.17. The SMILES string of the molecule is CNC(=O)NC(=O)C[NH+](C)CC(=O)Nc1cccc(C)c1C. The molecule has 1 rings (SSSR count). The van der Waals surface area contributed by atoms with E-state index in [2.05, 4.69) is 16.0 Å². The molecule has 1 aromatic carbocycles. The number of aryl methyl sites for hydroxylation is 1. The Kier molecular flexibility index (Phi) is 6.52. The summed E-state index contributed by atoms with van der Waals surface area (Å²) < 4.78 is 0. The molecule has 22 heavy (non-hydrogen) atoms. The first-order chi connectivity index (χ1) is 10.3. The summed E-state index contributed by atoms with van der Waals surface area (Å²) in [5.74, 6) is -0.615. The van der Waals surface area contributed by atoms with Gasteiger partial charge in [0.2, 0.25) is 0 Å². The van der Waals surface area contributed by atoms with Crippen molar-refractivity contribution in [2.24, 2.45) is 0 Å². The number of carbonyl (C=O) groups is 3. The van der Waals surface area contributed by atoms with Crippen molar-refractivity contribution >= 4 is 23.5 Å². The van der Waals surface area contributed by atoms with Gasteiger partial charge >= 0.3 is 6.03 Å². The number of hydrogen-bond acceptors (Lipinski definition) is 3. The van der Waals surface area contributed by atoms with Crippen molar-refractivity contribution in [1.82, 2.24) is 10.6 Å². The molecule has 0 aromatic heterocycles. The van der Waals surface area contributed by atoms with Crippen LogP contribution in [0.3, 0.4) is 0 Å². The number of urea groups is 1. The fourth-order valence-corrected chi connectivity index (χ4v) is 1.92. The quantitative estimate of drug-likeness (QED) is 0.575. The van der Waals surface area contributed by atoms with Crippen molar-refractivity contribution < 1.29 is 19.3 Å². The molecule has 0 bridgehead atoms. The lowest BCUT2D eigenvalue weighted by molar-refractivity contribution is -0.862. The Morgan fingerprint density at radius 1 is 1.09 bits per heavy atom. The Morgan fingerprint density at radius 3 is 2.36 bits per heavy atom. The topological polar surface area (TPSA) is 91.7 Å². The zero-order valence-electron chi connectivity index (χ0n) is 13.4. The van der Waals surface area contributed by atoms with Gasteiger partial charge in [-0.15, -0.1) is 0 Å². The van der Waals surface area contributed by atoms with E-state index in [9.17, 15) is 14.4 Å². The lowest BCUT2D eigenvalue weighted by Crippen LogP contribution is -3.11. The van der Waals surface area contributed by atoms with Crippen molar-refractivity contribution in [2.45, 2.75) is 13.8 Å². The predicted molar refractivity (Wildman–Crippen MR) is 83.8 cm³/mol. The molecule has 0 spiro atoms. The number of hydrogen-bond donors (Lipinski definition) is 4. The smallest absolute Gasteiger partial charge is 0.321 e. The first kappa shape index (κ1) is 17.6. The molecule has 1 atom stereocenters. The molecule has 0 radical (unpaired) electrons. The molecule has 7 heteroatoms. The molecule has 0 aliphatic rings. The summed E-state index contributed by atoms with van der Waals surface area (Å²) in [6, 6.07) is 5.14. The Hall–Kier alpha value is -2.41. The standard InChI is InChI=1S/C15H22N4O3/c1-10-6-5-7-12(11(10)2)17-13(20)8-19(4)9-14(21)18-15(22)16-3/h5-7H,8-9H2,1-4H3,(H,17,20)(H2,16,18,21,22)/p+1. The van der Waals surface area contributed by atoms with E-state index in [-0.39, 0.29) is 19.0 Å². The number of anilines is 1. The summed E-state index contributed by atoms with van der Waals surface area (Å²) in [7, 11) is 3.14. The molecule has 4 amide bonds. The molecule has 0 aliphatic heterocycles. The fraction of sp³-hybridized carbons (Fsp3) is 0.400. The molecule has 4 N–H and O–H groups in total. The highest BCUT2D eigenvalue weighted by molar-refractivity contribution is 5.95. The summed E-state index contributed by atoms with van der Waals surface area (Å²) in [5.41, 5.74) is 2.89. The maximum Gasteiger partial charge on any atom is 0.321 e. The Labute approximate surface area is 130 Å². The fourth-order valence-electron chi connectivity index (χ4n) is 1.92. The Bertz CT molecular complexity index is 572. The maximum absolute atomic E-state index is 12.0. The first-order valence-corrected chi connectivity index (χ1v) is 7.02. The van der Waals surface area contributed by atoms with Crippen LogP contribution in [0, 0.1) is 13.8 Å². The van der Waals surface area contributed by atoms with E-state index in [1.807, 2.05) is 32.0 Å². The van der Waals surface area contributed by atoms with Crippen molar-refractivity contribution in [2.75, 3.05) is 32.5 Å². The molecule has 1 unspecified atom stereocenters. The van der Waals surface area contributed by atoms with Gasteiger partial charge < -0.3 is 15.5 Å². The lowest BCUT2D eigenvalue weighted by atomic mass is 10.1. The average molecular weight is 307 g/mol. The van der Waals surface area contributed by atoms with E-state index in [1.165, 1.54) is 7.05 Å². The highest BCUT2D eigenvalue weighted by Gasteiger charge is 2.16. The van der Waals surface area contributed by atoms with Gasteiger partial charge in [-0.25, -0.2) is 4.79 Å². The van der Waals surface area contributed by atoms with E-state index in [1.54, 1.807) is 7.05 Å².